The van der Waals surface area contributed by atoms with E-state index >= 15 is 0 Å². The van der Waals surface area contributed by atoms with Gasteiger partial charge in [-0.2, -0.15) is 13.2 Å². The predicted molar refractivity (Wildman–Crippen MR) is 125 cm³/mol. The predicted octanol–water partition coefficient (Wildman–Crippen LogP) is 3.84. The Labute approximate surface area is 205 Å². The monoisotopic (exact) mass is 502 g/mol. The lowest BCUT2D eigenvalue weighted by molar-refractivity contribution is -0.176. The Hall–Kier alpha value is -3.70. The Kier molecular flexibility index (Phi) is 7.70. The number of methoxy groups -OCH3 is 1. The fraction of sp³-hybridized carbons (Fsp3) is 0.320. The molecule has 11 heteroatoms. The van der Waals surface area contributed by atoms with Crippen LogP contribution in [0, 0.1) is 5.92 Å². The molecule has 4 rings (SSSR count). The number of halogens is 3. The Morgan fingerprint density at radius 1 is 1.14 bits per heavy atom. The van der Waals surface area contributed by atoms with Crippen LogP contribution in [0.1, 0.15) is 17.5 Å². The summed E-state index contributed by atoms with van der Waals surface area (Å²) >= 11 is 0. The number of anilines is 1. The first-order valence-electron chi connectivity index (χ1n) is 11.2. The number of carbonyl (C=O) groups excluding carboxylic acids is 2. The Morgan fingerprint density at radius 2 is 1.89 bits per heavy atom. The standard InChI is InChI=1S/C25H25F3N4O4/c1-35-13-17-5-3-7-20(9-17)32-21(11-22(31-32)30-24(34)19-10-23(33)29-12-19)18-6-2-4-16(8-18)14-36-15-25(26,27)28/h2-9,11,19H,10,12-15H2,1H3,(H,29,33)(H,30,31,34)/t19-/m0/s1. The number of carbonyl (C=O) groups is 2. The Balaban J connectivity index is 1.65. The molecule has 2 amide bonds. The summed E-state index contributed by atoms with van der Waals surface area (Å²) in [7, 11) is 1.59. The third-order valence-corrected chi connectivity index (χ3v) is 5.53. The molecule has 1 atom stereocenters. The highest BCUT2D eigenvalue weighted by Gasteiger charge is 2.29. The first-order valence-corrected chi connectivity index (χ1v) is 11.2. The molecule has 1 aromatic heterocycles. The van der Waals surface area contributed by atoms with Crippen LogP contribution in [-0.2, 0) is 32.3 Å². The van der Waals surface area contributed by atoms with E-state index in [9.17, 15) is 22.8 Å². The van der Waals surface area contributed by atoms with E-state index in [0.717, 1.165) is 5.56 Å². The number of amides is 2. The van der Waals surface area contributed by atoms with Crippen molar-refractivity contribution in [3.63, 3.8) is 0 Å². The molecule has 1 saturated heterocycles. The molecule has 2 aromatic carbocycles. The van der Waals surface area contributed by atoms with Crippen molar-refractivity contribution in [2.24, 2.45) is 5.92 Å². The van der Waals surface area contributed by atoms with Gasteiger partial charge in [-0.3, -0.25) is 9.59 Å². The van der Waals surface area contributed by atoms with Crippen LogP contribution >= 0.6 is 0 Å². The van der Waals surface area contributed by atoms with Crippen molar-refractivity contribution in [1.29, 1.82) is 0 Å². The van der Waals surface area contributed by atoms with Gasteiger partial charge in [0.05, 0.1) is 30.5 Å². The van der Waals surface area contributed by atoms with Gasteiger partial charge in [-0.15, -0.1) is 5.10 Å². The summed E-state index contributed by atoms with van der Waals surface area (Å²) in [6.45, 7) is -0.896. The summed E-state index contributed by atoms with van der Waals surface area (Å²) in [5, 5.41) is 9.98. The minimum atomic E-state index is -4.41. The van der Waals surface area contributed by atoms with Crippen LogP contribution in [0.15, 0.2) is 54.6 Å². The minimum Gasteiger partial charge on any atom is -0.380 e. The van der Waals surface area contributed by atoms with Gasteiger partial charge >= 0.3 is 6.18 Å². The topological polar surface area (TPSA) is 94.5 Å². The molecule has 1 aliphatic rings. The van der Waals surface area contributed by atoms with E-state index in [-0.39, 0.29) is 37.2 Å². The SMILES string of the molecule is COCc1cccc(-n2nc(NC(=O)[C@@H]3CNC(=O)C3)cc2-c2cccc(COCC(F)(F)F)c2)c1. The molecule has 0 radical (unpaired) electrons. The zero-order valence-corrected chi connectivity index (χ0v) is 19.5. The number of nitrogens with zero attached hydrogens (tertiary/aromatic N) is 2. The number of rotatable bonds is 9. The van der Waals surface area contributed by atoms with Crippen molar-refractivity contribution < 1.29 is 32.2 Å². The van der Waals surface area contributed by atoms with Gasteiger partial charge in [0.2, 0.25) is 11.8 Å². The van der Waals surface area contributed by atoms with Crippen molar-refractivity contribution in [2.45, 2.75) is 25.8 Å². The molecule has 0 bridgehead atoms. The van der Waals surface area contributed by atoms with E-state index in [1.807, 2.05) is 24.3 Å². The molecule has 3 aromatic rings. The largest absolute Gasteiger partial charge is 0.411 e. The highest BCUT2D eigenvalue weighted by molar-refractivity contribution is 5.97. The molecular weight excluding hydrogens is 477 g/mol. The zero-order chi connectivity index (χ0) is 25.7. The van der Waals surface area contributed by atoms with Crippen LogP contribution in [0.4, 0.5) is 19.0 Å². The van der Waals surface area contributed by atoms with E-state index in [1.165, 1.54) is 0 Å². The third-order valence-electron chi connectivity index (χ3n) is 5.53. The highest BCUT2D eigenvalue weighted by atomic mass is 19.4. The van der Waals surface area contributed by atoms with Crippen LogP contribution in [0.2, 0.25) is 0 Å². The van der Waals surface area contributed by atoms with E-state index in [2.05, 4.69) is 15.7 Å². The van der Waals surface area contributed by atoms with Crippen LogP contribution in [0.5, 0.6) is 0 Å². The minimum absolute atomic E-state index is 0.110. The second kappa shape index (κ2) is 10.9. The molecule has 190 valence electrons. The smallest absolute Gasteiger partial charge is 0.380 e. The van der Waals surface area contributed by atoms with Gasteiger partial charge in [0.15, 0.2) is 5.82 Å². The van der Waals surface area contributed by atoms with E-state index < -0.39 is 18.7 Å². The molecule has 1 aliphatic heterocycles. The van der Waals surface area contributed by atoms with E-state index in [0.29, 0.717) is 29.1 Å². The number of benzene rings is 2. The normalized spacial score (nSPS) is 15.7. The van der Waals surface area contributed by atoms with Gasteiger partial charge in [-0.25, -0.2) is 4.68 Å². The molecule has 36 heavy (non-hydrogen) atoms. The van der Waals surface area contributed by atoms with Gasteiger partial charge in [0.1, 0.15) is 6.61 Å². The summed E-state index contributed by atoms with van der Waals surface area (Å²) < 4.78 is 49.1. The van der Waals surface area contributed by atoms with Gasteiger partial charge in [-0.05, 0) is 29.3 Å². The summed E-state index contributed by atoms with van der Waals surface area (Å²) in [5.41, 5.74) is 3.45. The second-order valence-electron chi connectivity index (χ2n) is 8.43. The summed E-state index contributed by atoms with van der Waals surface area (Å²) in [5.74, 6) is -0.719. The average molecular weight is 502 g/mol. The lowest BCUT2D eigenvalue weighted by Crippen LogP contribution is -2.24. The van der Waals surface area contributed by atoms with Crippen molar-refractivity contribution in [2.75, 3.05) is 25.6 Å². The fourth-order valence-electron chi connectivity index (χ4n) is 3.91. The second-order valence-corrected chi connectivity index (χ2v) is 8.43. The molecule has 0 aliphatic carbocycles. The van der Waals surface area contributed by atoms with E-state index in [1.54, 1.807) is 42.1 Å². The number of alkyl halides is 3. The maximum Gasteiger partial charge on any atom is 0.411 e. The van der Waals surface area contributed by atoms with Crippen molar-refractivity contribution in [3.8, 4) is 16.9 Å². The van der Waals surface area contributed by atoms with Gasteiger partial charge in [0, 0.05) is 31.7 Å². The summed E-state index contributed by atoms with van der Waals surface area (Å²) in [6, 6.07) is 16.1. The van der Waals surface area contributed by atoms with Crippen LogP contribution in [-0.4, -0.2) is 48.0 Å². The first kappa shape index (κ1) is 25.4. The third kappa shape index (κ3) is 6.49. The molecule has 1 fully saturated rings. The van der Waals surface area contributed by atoms with Gasteiger partial charge in [0.25, 0.3) is 0 Å². The maximum atomic E-state index is 12.7. The zero-order valence-electron chi connectivity index (χ0n) is 19.5. The number of nitrogens with one attached hydrogen (secondary N) is 2. The quantitative estimate of drug-likeness (QED) is 0.464. The van der Waals surface area contributed by atoms with Gasteiger partial charge < -0.3 is 20.1 Å². The van der Waals surface area contributed by atoms with Crippen molar-refractivity contribution in [3.05, 3.63) is 65.7 Å². The number of hydrogen-bond acceptors (Lipinski definition) is 5. The molecule has 2 N–H and O–H groups in total. The summed E-state index contributed by atoms with van der Waals surface area (Å²) in [6.07, 6.45) is -4.30. The molecule has 8 nitrogen and oxygen atoms in total. The van der Waals surface area contributed by atoms with Crippen molar-refractivity contribution >= 4 is 17.6 Å². The van der Waals surface area contributed by atoms with Gasteiger partial charge in [-0.1, -0.05) is 30.3 Å². The Morgan fingerprint density at radius 3 is 2.58 bits per heavy atom. The highest BCUT2D eigenvalue weighted by Crippen LogP contribution is 2.28. The molecule has 2 heterocycles. The summed E-state index contributed by atoms with van der Waals surface area (Å²) in [4.78, 5) is 24.2. The Bertz CT molecular complexity index is 1240. The first-order chi connectivity index (χ1) is 17.2. The number of aromatic nitrogens is 2. The van der Waals surface area contributed by atoms with Crippen LogP contribution in [0.25, 0.3) is 16.9 Å². The average Bonchev–Trinajstić information content (AvgIpc) is 3.45. The van der Waals surface area contributed by atoms with Crippen molar-refractivity contribution in [1.82, 2.24) is 15.1 Å². The van der Waals surface area contributed by atoms with E-state index in [4.69, 9.17) is 9.47 Å². The van der Waals surface area contributed by atoms with Crippen LogP contribution in [0.3, 0.4) is 0 Å². The number of hydrogen-bond donors (Lipinski definition) is 2. The van der Waals surface area contributed by atoms with Crippen LogP contribution < -0.4 is 10.6 Å². The maximum absolute atomic E-state index is 12.7. The molecule has 0 unspecified atom stereocenters. The number of ether oxygens (including phenoxy) is 2. The fourth-order valence-corrected chi connectivity index (χ4v) is 3.91. The lowest BCUT2D eigenvalue weighted by atomic mass is 10.1. The molecule has 0 saturated carbocycles. The lowest BCUT2D eigenvalue weighted by Gasteiger charge is -2.11. The molecular formula is C25H25F3N4O4. The molecule has 0 spiro atoms.